The van der Waals surface area contributed by atoms with Gasteiger partial charge in [-0.2, -0.15) is 0 Å². The summed E-state index contributed by atoms with van der Waals surface area (Å²) in [4.78, 5) is 2.50. The maximum absolute atomic E-state index is 5.17. The van der Waals surface area contributed by atoms with Crippen LogP contribution in [0.5, 0.6) is 0 Å². The van der Waals surface area contributed by atoms with E-state index in [1.165, 1.54) is 32.4 Å². The molecular formula is C9H20N4S. The summed E-state index contributed by atoms with van der Waals surface area (Å²) in [5.41, 5.74) is 2.43. The molecule has 0 aromatic heterocycles. The molecule has 1 atom stereocenters. The summed E-state index contributed by atoms with van der Waals surface area (Å²) in [5.74, 6) is 5.17. The van der Waals surface area contributed by atoms with E-state index in [2.05, 4.69) is 22.6 Å². The number of nitrogens with zero attached hydrogens (tertiary/aromatic N) is 1. The van der Waals surface area contributed by atoms with Gasteiger partial charge in [0, 0.05) is 12.6 Å². The highest BCUT2D eigenvalue weighted by molar-refractivity contribution is 7.80. The van der Waals surface area contributed by atoms with Crippen molar-refractivity contribution in [3.63, 3.8) is 0 Å². The third kappa shape index (κ3) is 3.77. The van der Waals surface area contributed by atoms with Crippen LogP contribution in [0.1, 0.15) is 26.2 Å². The molecule has 0 aliphatic carbocycles. The molecule has 0 aromatic rings. The summed E-state index contributed by atoms with van der Waals surface area (Å²) in [6.07, 6.45) is 4.02. The monoisotopic (exact) mass is 216 g/mol. The van der Waals surface area contributed by atoms with Crippen LogP contribution in [-0.2, 0) is 0 Å². The molecule has 5 heteroatoms. The third-order valence-electron chi connectivity index (χ3n) is 2.70. The fourth-order valence-electron chi connectivity index (χ4n) is 1.78. The van der Waals surface area contributed by atoms with Crippen LogP contribution in [0.2, 0.25) is 0 Å². The third-order valence-corrected chi connectivity index (χ3v) is 2.97. The van der Waals surface area contributed by atoms with Crippen LogP contribution in [0.3, 0.4) is 0 Å². The Bertz CT molecular complexity index is 180. The Morgan fingerprint density at radius 1 is 1.43 bits per heavy atom. The lowest BCUT2D eigenvalue weighted by atomic mass is 10.1. The summed E-state index contributed by atoms with van der Waals surface area (Å²) in [7, 11) is 0. The number of likely N-dealkylation sites (tertiary alicyclic amines) is 1. The average molecular weight is 216 g/mol. The minimum atomic E-state index is 0.522. The largest absolute Gasteiger partial charge is 0.360 e. The Morgan fingerprint density at radius 2 is 2.07 bits per heavy atom. The second-order valence-electron chi connectivity index (χ2n) is 3.80. The highest BCUT2D eigenvalue weighted by Gasteiger charge is 2.16. The maximum Gasteiger partial charge on any atom is 0.180 e. The molecule has 0 aromatic carbocycles. The van der Waals surface area contributed by atoms with E-state index in [-0.39, 0.29) is 0 Å². The summed E-state index contributed by atoms with van der Waals surface area (Å²) in [5, 5.41) is 3.61. The number of hydrogen-bond acceptors (Lipinski definition) is 3. The topological polar surface area (TPSA) is 53.3 Å². The van der Waals surface area contributed by atoms with E-state index >= 15 is 0 Å². The van der Waals surface area contributed by atoms with Crippen molar-refractivity contribution in [2.75, 3.05) is 19.6 Å². The van der Waals surface area contributed by atoms with Crippen molar-refractivity contribution in [2.45, 2.75) is 32.2 Å². The van der Waals surface area contributed by atoms with Gasteiger partial charge >= 0.3 is 0 Å². The van der Waals surface area contributed by atoms with Gasteiger partial charge in [0.15, 0.2) is 5.11 Å². The molecule has 0 saturated carbocycles. The Kier molecular flexibility index (Phi) is 5.14. The lowest BCUT2D eigenvalue weighted by molar-refractivity contribution is 0.174. The van der Waals surface area contributed by atoms with Gasteiger partial charge in [-0.1, -0.05) is 6.42 Å². The lowest BCUT2D eigenvalue weighted by Crippen LogP contribution is -2.47. The van der Waals surface area contributed by atoms with Crippen LogP contribution in [0.15, 0.2) is 0 Å². The van der Waals surface area contributed by atoms with Gasteiger partial charge in [0.25, 0.3) is 0 Å². The molecule has 14 heavy (non-hydrogen) atoms. The first kappa shape index (κ1) is 11.7. The zero-order chi connectivity index (χ0) is 10.4. The summed E-state index contributed by atoms with van der Waals surface area (Å²) in [6.45, 7) is 5.51. The molecule has 1 rings (SSSR count). The normalized spacial score (nSPS) is 20.1. The van der Waals surface area contributed by atoms with Crippen molar-refractivity contribution in [1.82, 2.24) is 15.6 Å². The van der Waals surface area contributed by atoms with Crippen LogP contribution < -0.4 is 16.6 Å². The van der Waals surface area contributed by atoms with E-state index in [1.807, 2.05) is 0 Å². The number of hydrazine groups is 1. The van der Waals surface area contributed by atoms with Gasteiger partial charge in [-0.3, -0.25) is 4.90 Å². The Morgan fingerprint density at radius 3 is 2.64 bits per heavy atom. The van der Waals surface area contributed by atoms with Gasteiger partial charge in [-0.05, 0) is 45.1 Å². The molecule has 0 amide bonds. The predicted octanol–water partition coefficient (Wildman–Crippen LogP) is 0.199. The van der Waals surface area contributed by atoms with E-state index in [0.717, 1.165) is 6.54 Å². The van der Waals surface area contributed by atoms with Gasteiger partial charge in [-0.25, -0.2) is 5.84 Å². The molecule has 1 heterocycles. The van der Waals surface area contributed by atoms with E-state index in [4.69, 9.17) is 18.1 Å². The standard InChI is InChI=1S/C9H20N4S/c1-8(7-11-9(14)12-10)13-5-3-2-4-6-13/h8H,2-7,10H2,1H3,(H2,11,12,14). The van der Waals surface area contributed by atoms with Crippen LogP contribution in [0, 0.1) is 0 Å². The van der Waals surface area contributed by atoms with Gasteiger partial charge in [0.05, 0.1) is 0 Å². The zero-order valence-electron chi connectivity index (χ0n) is 8.75. The lowest BCUT2D eigenvalue weighted by Gasteiger charge is -2.32. The maximum atomic E-state index is 5.17. The molecule has 0 bridgehead atoms. The molecule has 1 aliphatic heterocycles. The number of nitrogens with one attached hydrogen (secondary N) is 2. The van der Waals surface area contributed by atoms with Crippen molar-refractivity contribution in [3.8, 4) is 0 Å². The smallest absolute Gasteiger partial charge is 0.180 e. The first-order valence-corrected chi connectivity index (χ1v) is 5.63. The number of hydrogen-bond donors (Lipinski definition) is 3. The second kappa shape index (κ2) is 6.16. The fourth-order valence-corrected chi connectivity index (χ4v) is 1.86. The predicted molar refractivity (Wildman–Crippen MR) is 62.8 cm³/mol. The summed E-state index contributed by atoms with van der Waals surface area (Å²) in [6, 6.07) is 0.529. The van der Waals surface area contributed by atoms with Crippen LogP contribution in [0.25, 0.3) is 0 Å². The van der Waals surface area contributed by atoms with E-state index in [1.54, 1.807) is 0 Å². The number of rotatable bonds is 3. The molecule has 1 aliphatic rings. The minimum absolute atomic E-state index is 0.522. The SMILES string of the molecule is CC(CNC(=S)NN)N1CCCCC1. The van der Waals surface area contributed by atoms with Gasteiger partial charge in [-0.15, -0.1) is 0 Å². The molecule has 1 unspecified atom stereocenters. The first-order chi connectivity index (χ1) is 6.74. The summed E-state index contributed by atoms with van der Waals surface area (Å²) >= 11 is 4.91. The number of nitrogens with two attached hydrogens (primary N) is 1. The Labute approximate surface area is 91.2 Å². The highest BCUT2D eigenvalue weighted by Crippen LogP contribution is 2.11. The second-order valence-corrected chi connectivity index (χ2v) is 4.21. The molecule has 82 valence electrons. The molecule has 1 saturated heterocycles. The molecule has 0 spiro atoms. The van der Waals surface area contributed by atoms with Gasteiger partial charge < -0.3 is 10.7 Å². The fraction of sp³-hybridized carbons (Fsp3) is 0.889. The zero-order valence-corrected chi connectivity index (χ0v) is 9.57. The first-order valence-electron chi connectivity index (χ1n) is 5.22. The van der Waals surface area contributed by atoms with Crippen LogP contribution >= 0.6 is 12.2 Å². The highest BCUT2D eigenvalue weighted by atomic mass is 32.1. The van der Waals surface area contributed by atoms with Crippen molar-refractivity contribution < 1.29 is 0 Å². The van der Waals surface area contributed by atoms with Crippen molar-refractivity contribution in [3.05, 3.63) is 0 Å². The molecule has 0 radical (unpaired) electrons. The number of piperidine rings is 1. The van der Waals surface area contributed by atoms with E-state index < -0.39 is 0 Å². The number of thiocarbonyl (C=S) groups is 1. The Hall–Kier alpha value is -0.390. The average Bonchev–Trinajstić information content (AvgIpc) is 2.26. The molecule has 4 N–H and O–H groups in total. The molecule has 1 fully saturated rings. The van der Waals surface area contributed by atoms with Crippen molar-refractivity contribution in [2.24, 2.45) is 5.84 Å². The Balaban J connectivity index is 2.19. The van der Waals surface area contributed by atoms with Crippen molar-refractivity contribution >= 4 is 17.3 Å². The van der Waals surface area contributed by atoms with E-state index in [9.17, 15) is 0 Å². The van der Waals surface area contributed by atoms with Gasteiger partial charge in [0.1, 0.15) is 0 Å². The molecular weight excluding hydrogens is 196 g/mol. The molecule has 4 nitrogen and oxygen atoms in total. The minimum Gasteiger partial charge on any atom is -0.360 e. The quantitative estimate of drug-likeness (QED) is 0.357. The van der Waals surface area contributed by atoms with Gasteiger partial charge in [0.2, 0.25) is 0 Å². The van der Waals surface area contributed by atoms with Crippen LogP contribution in [-0.4, -0.2) is 35.7 Å². The van der Waals surface area contributed by atoms with Crippen LogP contribution in [0.4, 0.5) is 0 Å². The van der Waals surface area contributed by atoms with Crippen molar-refractivity contribution in [1.29, 1.82) is 0 Å². The summed E-state index contributed by atoms with van der Waals surface area (Å²) < 4.78 is 0. The van der Waals surface area contributed by atoms with E-state index in [0.29, 0.717) is 11.2 Å².